The molecular weight excluding hydrogens is 449 g/mol. The number of carbonyl (C=O) groups is 1. The number of hydrogen-bond acceptors (Lipinski definition) is 2. The van der Waals surface area contributed by atoms with Gasteiger partial charge in [0.05, 0.1) is 11.0 Å². The van der Waals surface area contributed by atoms with Crippen molar-refractivity contribution >= 4 is 50.9 Å². The fourth-order valence-electron chi connectivity index (χ4n) is 3.14. The number of anilines is 1. The van der Waals surface area contributed by atoms with Crippen LogP contribution >= 0.6 is 39.1 Å². The molecule has 0 bridgehead atoms. The molecule has 0 spiro atoms. The second-order valence-corrected chi connectivity index (χ2v) is 8.30. The highest BCUT2D eigenvalue weighted by Crippen LogP contribution is 2.48. The molecular formula is C20H16BrCl2N3O. The second kappa shape index (κ2) is 7.66. The normalized spacial score (nSPS) is 18.3. The Hall–Kier alpha value is -1.82. The predicted octanol–water partition coefficient (Wildman–Crippen LogP) is 5.74. The molecule has 1 fully saturated rings. The van der Waals surface area contributed by atoms with Gasteiger partial charge in [-0.25, -0.2) is 0 Å². The van der Waals surface area contributed by atoms with Crippen LogP contribution in [0, 0.1) is 5.92 Å². The fourth-order valence-corrected chi connectivity index (χ4v) is 3.87. The molecule has 2 aromatic carbocycles. The lowest BCUT2D eigenvalue weighted by atomic mass is 10.1. The first-order valence-electron chi connectivity index (χ1n) is 8.54. The third-order valence-corrected chi connectivity index (χ3v) is 5.88. The molecule has 3 aromatic rings. The molecule has 1 aliphatic rings. The SMILES string of the molecule is O=C(Nc1nn(Cc2ccccc2Cl)cc1Br)C1CC1c1ccc(Cl)cc1. The van der Waals surface area contributed by atoms with E-state index >= 15 is 0 Å². The summed E-state index contributed by atoms with van der Waals surface area (Å²) in [7, 11) is 0. The largest absolute Gasteiger partial charge is 0.308 e. The molecule has 1 heterocycles. The summed E-state index contributed by atoms with van der Waals surface area (Å²) >= 11 is 15.6. The minimum atomic E-state index is -0.0354. The molecule has 1 aromatic heterocycles. The molecule has 4 rings (SSSR count). The highest BCUT2D eigenvalue weighted by Gasteiger charge is 2.44. The summed E-state index contributed by atoms with van der Waals surface area (Å²) in [5.74, 6) is 0.713. The van der Waals surface area contributed by atoms with Crippen LogP contribution in [0.2, 0.25) is 10.0 Å². The third-order valence-electron chi connectivity index (χ3n) is 4.67. The van der Waals surface area contributed by atoms with Crippen molar-refractivity contribution in [1.29, 1.82) is 0 Å². The first-order chi connectivity index (χ1) is 13.0. The van der Waals surface area contributed by atoms with Gasteiger partial charge in [0.25, 0.3) is 0 Å². The van der Waals surface area contributed by atoms with Crippen LogP contribution in [0.25, 0.3) is 0 Å². The Morgan fingerprint density at radius 3 is 2.67 bits per heavy atom. The van der Waals surface area contributed by atoms with E-state index in [-0.39, 0.29) is 17.7 Å². The molecule has 138 valence electrons. The Balaban J connectivity index is 1.41. The van der Waals surface area contributed by atoms with Gasteiger partial charge in [0.1, 0.15) is 0 Å². The average Bonchev–Trinajstić information content (AvgIpc) is 3.37. The van der Waals surface area contributed by atoms with Gasteiger partial charge in [0, 0.05) is 22.2 Å². The Morgan fingerprint density at radius 2 is 1.93 bits per heavy atom. The predicted molar refractivity (Wildman–Crippen MR) is 111 cm³/mol. The van der Waals surface area contributed by atoms with Crippen LogP contribution in [0.4, 0.5) is 5.82 Å². The summed E-state index contributed by atoms with van der Waals surface area (Å²) in [6.45, 7) is 0.533. The van der Waals surface area contributed by atoms with Crippen LogP contribution in [0.5, 0.6) is 0 Å². The number of carbonyl (C=O) groups excluding carboxylic acids is 1. The van der Waals surface area contributed by atoms with Crippen molar-refractivity contribution in [3.05, 3.63) is 80.4 Å². The Labute approximate surface area is 175 Å². The maximum Gasteiger partial charge on any atom is 0.229 e. The second-order valence-electron chi connectivity index (χ2n) is 6.60. The lowest BCUT2D eigenvalue weighted by molar-refractivity contribution is -0.117. The molecule has 27 heavy (non-hydrogen) atoms. The van der Waals surface area contributed by atoms with Crippen LogP contribution in [0.1, 0.15) is 23.5 Å². The van der Waals surface area contributed by atoms with Crippen LogP contribution in [-0.2, 0) is 11.3 Å². The smallest absolute Gasteiger partial charge is 0.229 e. The van der Waals surface area contributed by atoms with Crippen molar-refractivity contribution in [2.75, 3.05) is 5.32 Å². The number of nitrogens with one attached hydrogen (secondary N) is 1. The Morgan fingerprint density at radius 1 is 1.19 bits per heavy atom. The zero-order valence-electron chi connectivity index (χ0n) is 14.2. The van der Waals surface area contributed by atoms with E-state index in [0.29, 0.717) is 22.4 Å². The summed E-state index contributed by atoms with van der Waals surface area (Å²) in [6.07, 6.45) is 2.67. The molecule has 0 aliphatic heterocycles. The zero-order chi connectivity index (χ0) is 19.0. The van der Waals surface area contributed by atoms with Crippen molar-refractivity contribution in [3.8, 4) is 0 Å². The number of rotatable bonds is 5. The highest BCUT2D eigenvalue weighted by molar-refractivity contribution is 9.10. The van der Waals surface area contributed by atoms with E-state index in [0.717, 1.165) is 22.0 Å². The number of amides is 1. The van der Waals surface area contributed by atoms with Crippen LogP contribution < -0.4 is 5.32 Å². The van der Waals surface area contributed by atoms with Crippen LogP contribution in [-0.4, -0.2) is 15.7 Å². The fraction of sp³-hybridized carbons (Fsp3) is 0.200. The zero-order valence-corrected chi connectivity index (χ0v) is 17.3. The molecule has 4 nitrogen and oxygen atoms in total. The van der Waals surface area contributed by atoms with E-state index in [1.165, 1.54) is 0 Å². The van der Waals surface area contributed by atoms with Gasteiger partial charge in [-0.15, -0.1) is 0 Å². The van der Waals surface area contributed by atoms with E-state index in [9.17, 15) is 4.79 Å². The topological polar surface area (TPSA) is 46.9 Å². The van der Waals surface area contributed by atoms with E-state index in [4.69, 9.17) is 23.2 Å². The van der Waals surface area contributed by atoms with Crippen molar-refractivity contribution in [2.45, 2.75) is 18.9 Å². The van der Waals surface area contributed by atoms with Gasteiger partial charge in [0.15, 0.2) is 5.82 Å². The minimum absolute atomic E-state index is 0.0151. The number of hydrogen-bond donors (Lipinski definition) is 1. The van der Waals surface area contributed by atoms with E-state index in [2.05, 4.69) is 26.3 Å². The number of aromatic nitrogens is 2. The summed E-state index contributed by atoms with van der Waals surface area (Å²) < 4.78 is 2.50. The van der Waals surface area contributed by atoms with Crippen molar-refractivity contribution in [2.24, 2.45) is 5.92 Å². The van der Waals surface area contributed by atoms with Crippen molar-refractivity contribution < 1.29 is 4.79 Å². The molecule has 0 radical (unpaired) electrons. The molecule has 1 amide bonds. The maximum atomic E-state index is 12.6. The van der Waals surface area contributed by atoms with Crippen LogP contribution in [0.15, 0.2) is 59.2 Å². The van der Waals surface area contributed by atoms with Crippen LogP contribution in [0.3, 0.4) is 0 Å². The van der Waals surface area contributed by atoms with Crippen molar-refractivity contribution in [1.82, 2.24) is 9.78 Å². The van der Waals surface area contributed by atoms with Gasteiger partial charge in [-0.2, -0.15) is 5.10 Å². The first-order valence-corrected chi connectivity index (χ1v) is 10.1. The molecule has 7 heteroatoms. The van der Waals surface area contributed by atoms with Gasteiger partial charge in [-0.1, -0.05) is 53.5 Å². The molecule has 1 aliphatic carbocycles. The summed E-state index contributed by atoms with van der Waals surface area (Å²) in [6, 6.07) is 15.3. The van der Waals surface area contributed by atoms with Gasteiger partial charge < -0.3 is 5.32 Å². The van der Waals surface area contributed by atoms with Gasteiger partial charge in [0.2, 0.25) is 5.91 Å². The minimum Gasteiger partial charge on any atom is -0.308 e. The van der Waals surface area contributed by atoms with E-state index in [1.807, 2.05) is 54.7 Å². The van der Waals surface area contributed by atoms with Gasteiger partial charge in [-0.05, 0) is 57.6 Å². The molecule has 2 unspecified atom stereocenters. The summed E-state index contributed by atoms with van der Waals surface area (Å²) in [4.78, 5) is 12.6. The average molecular weight is 465 g/mol. The van der Waals surface area contributed by atoms with E-state index < -0.39 is 0 Å². The standard InChI is InChI=1S/C20H16BrCl2N3O/c21-17-11-26(10-13-3-1-2-4-18(13)23)25-19(17)24-20(27)16-9-15(16)12-5-7-14(22)8-6-12/h1-8,11,15-16H,9-10H2,(H,24,25,27). The number of halogens is 3. The van der Waals surface area contributed by atoms with Gasteiger partial charge >= 0.3 is 0 Å². The monoisotopic (exact) mass is 463 g/mol. The van der Waals surface area contributed by atoms with Crippen molar-refractivity contribution in [3.63, 3.8) is 0 Å². The molecule has 0 saturated heterocycles. The van der Waals surface area contributed by atoms with E-state index in [1.54, 1.807) is 4.68 Å². The Kier molecular flexibility index (Phi) is 5.26. The lowest BCUT2D eigenvalue weighted by Crippen LogP contribution is -2.15. The number of nitrogens with zero attached hydrogens (tertiary/aromatic N) is 2. The lowest BCUT2D eigenvalue weighted by Gasteiger charge is -2.05. The third kappa shape index (κ3) is 4.21. The van der Waals surface area contributed by atoms with Gasteiger partial charge in [-0.3, -0.25) is 9.48 Å². The molecule has 2 atom stereocenters. The quantitative estimate of drug-likeness (QED) is 0.523. The first kappa shape index (κ1) is 18.5. The molecule has 1 N–H and O–H groups in total. The summed E-state index contributed by atoms with van der Waals surface area (Å²) in [5.41, 5.74) is 2.11. The molecule has 1 saturated carbocycles. The highest BCUT2D eigenvalue weighted by atomic mass is 79.9. The number of benzene rings is 2. The Bertz CT molecular complexity index is 987. The summed E-state index contributed by atoms with van der Waals surface area (Å²) in [5, 5.41) is 8.79. The maximum absolute atomic E-state index is 12.6.